The van der Waals surface area contributed by atoms with Gasteiger partial charge in [0.15, 0.2) is 0 Å². The summed E-state index contributed by atoms with van der Waals surface area (Å²) in [7, 11) is -2.00. The number of benzene rings is 2. The molecule has 1 amide bonds. The molecule has 0 aromatic heterocycles. The quantitative estimate of drug-likeness (QED) is 0.555. The Morgan fingerprint density at radius 2 is 1.77 bits per heavy atom. The zero-order chi connectivity index (χ0) is 21.6. The number of hydrazine groups is 1. The number of sulfonamides is 1. The van der Waals surface area contributed by atoms with Gasteiger partial charge in [0.25, 0.3) is 10.0 Å². The van der Waals surface area contributed by atoms with Crippen molar-refractivity contribution in [2.24, 2.45) is 5.92 Å². The van der Waals surface area contributed by atoms with Crippen LogP contribution in [0.2, 0.25) is 0 Å². The summed E-state index contributed by atoms with van der Waals surface area (Å²) in [6, 6.07) is 13.3. The van der Waals surface area contributed by atoms with Gasteiger partial charge in [-0.25, -0.2) is 8.42 Å². The number of nitrogens with one attached hydrogen (secondary N) is 3. The number of nitrogens with zero attached hydrogens (tertiary/aromatic N) is 1. The third-order valence-corrected chi connectivity index (χ3v) is 6.38. The van der Waals surface area contributed by atoms with Crippen molar-refractivity contribution in [2.45, 2.75) is 24.7 Å². The Kier molecular flexibility index (Phi) is 7.30. The number of anilines is 2. The molecule has 0 bridgehead atoms. The zero-order valence-electron chi connectivity index (χ0n) is 17.2. The van der Waals surface area contributed by atoms with E-state index in [0.717, 1.165) is 24.9 Å². The molecule has 1 unspecified atom stereocenters. The third kappa shape index (κ3) is 5.94. The molecule has 2 aromatic carbocycles. The van der Waals surface area contributed by atoms with Gasteiger partial charge >= 0.3 is 0 Å². The van der Waals surface area contributed by atoms with Crippen molar-refractivity contribution < 1.29 is 17.9 Å². The lowest BCUT2D eigenvalue weighted by molar-refractivity contribution is -0.126. The van der Waals surface area contributed by atoms with Crippen LogP contribution in [0, 0.1) is 12.8 Å². The Morgan fingerprint density at radius 3 is 2.43 bits per heavy atom. The minimum atomic E-state index is -3.65. The number of methoxy groups -OCH3 is 1. The maximum absolute atomic E-state index is 12.5. The van der Waals surface area contributed by atoms with E-state index in [0.29, 0.717) is 24.7 Å². The molecule has 0 spiro atoms. The van der Waals surface area contributed by atoms with Crippen LogP contribution in [-0.2, 0) is 19.6 Å². The highest BCUT2D eigenvalue weighted by atomic mass is 32.2. The Labute approximate surface area is 177 Å². The molecular formula is C21H28N4O4S. The molecule has 0 aliphatic carbocycles. The van der Waals surface area contributed by atoms with Crippen molar-refractivity contribution in [2.75, 3.05) is 37.1 Å². The number of carbonyl (C=O) groups is 1. The van der Waals surface area contributed by atoms with Crippen molar-refractivity contribution in [3.8, 4) is 0 Å². The lowest BCUT2D eigenvalue weighted by atomic mass is 9.98. The summed E-state index contributed by atoms with van der Waals surface area (Å²) in [6.07, 6.45) is 1.80. The lowest BCUT2D eigenvalue weighted by Crippen LogP contribution is -2.45. The van der Waals surface area contributed by atoms with Gasteiger partial charge in [-0.3, -0.25) is 25.3 Å². The zero-order valence-corrected chi connectivity index (χ0v) is 18.0. The van der Waals surface area contributed by atoms with E-state index in [-0.39, 0.29) is 16.7 Å². The predicted octanol–water partition coefficient (Wildman–Crippen LogP) is 2.55. The van der Waals surface area contributed by atoms with Gasteiger partial charge in [-0.05, 0) is 56.2 Å². The molecule has 0 saturated carbocycles. The maximum Gasteiger partial charge on any atom is 0.261 e. The molecule has 9 heteroatoms. The highest BCUT2D eigenvalue weighted by Gasteiger charge is 2.25. The fraction of sp³-hybridized carbons (Fsp3) is 0.381. The fourth-order valence-electron chi connectivity index (χ4n) is 3.36. The topological polar surface area (TPSA) is 99.8 Å². The molecule has 1 aliphatic heterocycles. The molecule has 1 atom stereocenters. The summed E-state index contributed by atoms with van der Waals surface area (Å²) >= 11 is 0. The highest BCUT2D eigenvalue weighted by molar-refractivity contribution is 7.92. The molecule has 1 saturated heterocycles. The molecule has 1 heterocycles. The second-order valence-electron chi connectivity index (χ2n) is 7.44. The molecule has 0 radical (unpaired) electrons. The molecule has 1 fully saturated rings. The van der Waals surface area contributed by atoms with Gasteiger partial charge in [0.2, 0.25) is 5.91 Å². The summed E-state index contributed by atoms with van der Waals surface area (Å²) < 4.78 is 32.6. The Bertz CT molecular complexity index is 944. The van der Waals surface area contributed by atoms with Crippen LogP contribution >= 0.6 is 0 Å². The van der Waals surface area contributed by atoms with Gasteiger partial charge in [0, 0.05) is 25.9 Å². The maximum atomic E-state index is 12.5. The van der Waals surface area contributed by atoms with Crippen LogP contribution < -0.4 is 15.6 Å². The van der Waals surface area contributed by atoms with Gasteiger partial charge < -0.3 is 4.74 Å². The first kappa shape index (κ1) is 22.1. The van der Waals surface area contributed by atoms with Crippen molar-refractivity contribution >= 4 is 27.3 Å². The van der Waals surface area contributed by atoms with E-state index < -0.39 is 10.0 Å². The molecule has 3 N–H and O–H groups in total. The molecule has 3 rings (SSSR count). The van der Waals surface area contributed by atoms with E-state index in [2.05, 4.69) is 20.5 Å². The molecule has 8 nitrogen and oxygen atoms in total. The average molecular weight is 433 g/mol. The van der Waals surface area contributed by atoms with Gasteiger partial charge in [0.1, 0.15) is 0 Å². The Balaban J connectivity index is 1.53. The highest BCUT2D eigenvalue weighted by Crippen LogP contribution is 2.19. The number of ether oxygens (including phenoxy) is 1. The van der Waals surface area contributed by atoms with Gasteiger partial charge in [-0.15, -0.1) is 0 Å². The van der Waals surface area contributed by atoms with Crippen molar-refractivity contribution in [1.82, 2.24) is 10.3 Å². The number of rotatable bonds is 8. The van der Waals surface area contributed by atoms with E-state index in [1.54, 1.807) is 55.6 Å². The first-order valence-corrected chi connectivity index (χ1v) is 11.3. The summed E-state index contributed by atoms with van der Waals surface area (Å²) in [5, 5.41) is 0. The number of carbonyl (C=O) groups excluding carboxylic acids is 1. The molecule has 2 aromatic rings. The minimum absolute atomic E-state index is 0.0695. The number of hydrogen-bond donors (Lipinski definition) is 3. The van der Waals surface area contributed by atoms with Crippen LogP contribution in [0.5, 0.6) is 0 Å². The summed E-state index contributed by atoms with van der Waals surface area (Å²) in [6.45, 7) is 4.03. The number of amides is 1. The van der Waals surface area contributed by atoms with Crippen LogP contribution in [0.25, 0.3) is 0 Å². The summed E-state index contributed by atoms with van der Waals surface area (Å²) in [4.78, 5) is 14.7. The van der Waals surface area contributed by atoms with Crippen LogP contribution in [0.4, 0.5) is 11.4 Å². The number of piperidine rings is 1. The molecule has 162 valence electrons. The first-order valence-electron chi connectivity index (χ1n) is 9.84. The molecule has 30 heavy (non-hydrogen) atoms. The largest absolute Gasteiger partial charge is 0.369 e. The van der Waals surface area contributed by atoms with E-state index in [4.69, 9.17) is 4.74 Å². The van der Waals surface area contributed by atoms with Crippen LogP contribution in [0.3, 0.4) is 0 Å². The second-order valence-corrected chi connectivity index (χ2v) is 9.13. The monoisotopic (exact) mass is 432 g/mol. The predicted molar refractivity (Wildman–Crippen MR) is 116 cm³/mol. The number of likely N-dealkylation sites (tertiary alicyclic amines) is 1. The minimum Gasteiger partial charge on any atom is -0.369 e. The first-order chi connectivity index (χ1) is 14.4. The van der Waals surface area contributed by atoms with Gasteiger partial charge in [-0.2, -0.15) is 0 Å². The summed E-state index contributed by atoms with van der Waals surface area (Å²) in [5.74, 6) is -0.165. The van der Waals surface area contributed by atoms with Crippen molar-refractivity contribution in [1.29, 1.82) is 0 Å². The summed E-state index contributed by atoms with van der Waals surface area (Å²) in [5.41, 5.74) is 7.72. The van der Waals surface area contributed by atoms with Gasteiger partial charge in [0.05, 0.1) is 23.2 Å². The van der Waals surface area contributed by atoms with Crippen LogP contribution in [-0.4, -0.2) is 46.2 Å². The van der Waals surface area contributed by atoms with Crippen molar-refractivity contribution in [3.05, 3.63) is 54.1 Å². The Hall–Kier alpha value is -2.62. The lowest BCUT2D eigenvalue weighted by Gasteiger charge is -2.31. The Morgan fingerprint density at radius 1 is 1.10 bits per heavy atom. The second kappa shape index (κ2) is 9.92. The molecule has 1 aliphatic rings. The SMILES string of the molecule is COCN1CCCC(C(=O)NNc2ccc(NS(=O)(=O)c3ccc(C)cc3)cc2)C1. The standard InChI is InChI=1S/C21H28N4O4S/c1-16-5-11-20(12-6-16)30(27,28)24-19-9-7-18(8-10-19)22-23-21(26)17-4-3-13-25(14-17)15-29-2/h5-12,17,22,24H,3-4,13-15H2,1-2H3,(H,23,26). The number of hydrogen-bond acceptors (Lipinski definition) is 6. The van der Waals surface area contributed by atoms with Crippen molar-refractivity contribution in [3.63, 3.8) is 0 Å². The smallest absolute Gasteiger partial charge is 0.261 e. The van der Waals surface area contributed by atoms with E-state index >= 15 is 0 Å². The van der Waals surface area contributed by atoms with Gasteiger partial charge in [-0.1, -0.05) is 17.7 Å². The average Bonchev–Trinajstić information content (AvgIpc) is 2.73. The van der Waals surface area contributed by atoms with E-state index in [1.807, 2.05) is 6.92 Å². The normalized spacial score (nSPS) is 17.3. The number of aryl methyl sites for hydroxylation is 1. The third-order valence-electron chi connectivity index (χ3n) is 4.99. The molecular weight excluding hydrogens is 404 g/mol. The van der Waals surface area contributed by atoms with E-state index in [9.17, 15) is 13.2 Å². The van der Waals surface area contributed by atoms with E-state index in [1.165, 1.54) is 0 Å². The van der Waals surface area contributed by atoms with Crippen LogP contribution in [0.1, 0.15) is 18.4 Å². The fourth-order valence-corrected chi connectivity index (χ4v) is 4.42. The van der Waals surface area contributed by atoms with Crippen LogP contribution in [0.15, 0.2) is 53.4 Å².